The van der Waals surface area contributed by atoms with Crippen molar-refractivity contribution in [1.82, 2.24) is 10.2 Å². The van der Waals surface area contributed by atoms with E-state index in [1.54, 1.807) is 0 Å². The Bertz CT molecular complexity index is 675. The minimum absolute atomic E-state index is 0. The van der Waals surface area contributed by atoms with Gasteiger partial charge < -0.3 is 15.0 Å². The molecule has 1 aliphatic heterocycles. The van der Waals surface area contributed by atoms with Crippen LogP contribution in [-0.2, 0) is 0 Å². The molecule has 1 aliphatic rings. The van der Waals surface area contributed by atoms with Gasteiger partial charge in [0, 0.05) is 30.6 Å². The number of thiophene rings is 1. The molecule has 2 aromatic rings. The maximum atomic E-state index is 12.9. The third kappa shape index (κ3) is 4.09. The summed E-state index contributed by atoms with van der Waals surface area (Å²) in [5.41, 5.74) is 1.12. The molecule has 1 atom stereocenters. The van der Waals surface area contributed by atoms with E-state index in [-0.39, 0.29) is 18.3 Å². The molecule has 4 nitrogen and oxygen atoms in total. The van der Waals surface area contributed by atoms with Crippen molar-refractivity contribution in [2.24, 2.45) is 0 Å². The van der Waals surface area contributed by atoms with Crippen LogP contribution >= 0.6 is 23.7 Å². The molecule has 0 spiro atoms. The fraction of sp³-hybridized carbons (Fsp3) is 0.389. The van der Waals surface area contributed by atoms with Crippen molar-refractivity contribution >= 4 is 29.7 Å². The van der Waals surface area contributed by atoms with Crippen LogP contribution in [0.1, 0.15) is 23.5 Å². The first-order valence-electron chi connectivity index (χ1n) is 8.03. The molecule has 1 amide bonds. The van der Waals surface area contributed by atoms with E-state index >= 15 is 0 Å². The predicted molar refractivity (Wildman–Crippen MR) is 102 cm³/mol. The summed E-state index contributed by atoms with van der Waals surface area (Å²) < 4.78 is 5.73. The van der Waals surface area contributed by atoms with Crippen LogP contribution < -0.4 is 10.1 Å². The van der Waals surface area contributed by atoms with E-state index in [2.05, 4.69) is 24.4 Å². The van der Waals surface area contributed by atoms with Crippen molar-refractivity contribution < 1.29 is 9.53 Å². The summed E-state index contributed by atoms with van der Waals surface area (Å²) in [4.78, 5) is 16.6. The second-order valence-corrected chi connectivity index (χ2v) is 6.76. The van der Waals surface area contributed by atoms with Crippen LogP contribution in [0.5, 0.6) is 5.75 Å². The average Bonchev–Trinajstić information content (AvgIpc) is 2.99. The molecule has 24 heavy (non-hydrogen) atoms. The third-order valence-electron chi connectivity index (χ3n) is 3.91. The van der Waals surface area contributed by atoms with Crippen LogP contribution in [0.3, 0.4) is 0 Å². The summed E-state index contributed by atoms with van der Waals surface area (Å²) in [6, 6.07) is 12.4. The molecular formula is C18H23ClN2O2S. The molecule has 1 saturated heterocycles. The van der Waals surface area contributed by atoms with Gasteiger partial charge in [-0.15, -0.1) is 23.7 Å². The zero-order chi connectivity index (χ0) is 16.2. The summed E-state index contributed by atoms with van der Waals surface area (Å²) in [6.07, 6.45) is 0. The van der Waals surface area contributed by atoms with Crippen LogP contribution in [0.25, 0.3) is 10.4 Å². The number of nitrogens with zero attached hydrogens (tertiary/aromatic N) is 1. The molecule has 0 aliphatic carbocycles. The van der Waals surface area contributed by atoms with Gasteiger partial charge in [-0.3, -0.25) is 4.79 Å². The smallest absolute Gasteiger partial charge is 0.267 e. The van der Waals surface area contributed by atoms with Crippen LogP contribution in [-0.4, -0.2) is 43.1 Å². The first-order chi connectivity index (χ1) is 11.2. The maximum Gasteiger partial charge on any atom is 0.267 e. The number of rotatable bonds is 4. The highest BCUT2D eigenvalue weighted by Gasteiger charge is 2.26. The molecule has 0 radical (unpaired) electrons. The molecule has 1 aromatic heterocycles. The Balaban J connectivity index is 0.00000208. The van der Waals surface area contributed by atoms with Gasteiger partial charge in [-0.1, -0.05) is 30.3 Å². The lowest BCUT2D eigenvalue weighted by atomic mass is 10.2. The molecule has 1 N–H and O–H groups in total. The second kappa shape index (κ2) is 8.51. The van der Waals surface area contributed by atoms with Crippen molar-refractivity contribution in [2.75, 3.05) is 26.2 Å². The summed E-state index contributed by atoms with van der Waals surface area (Å²) in [6.45, 7) is 6.93. The van der Waals surface area contributed by atoms with E-state index in [1.165, 1.54) is 11.3 Å². The highest BCUT2D eigenvalue weighted by atomic mass is 35.5. The minimum Gasteiger partial charge on any atom is -0.492 e. The topological polar surface area (TPSA) is 41.6 Å². The van der Waals surface area contributed by atoms with Gasteiger partial charge in [0.15, 0.2) is 0 Å². The molecule has 1 fully saturated rings. The fourth-order valence-corrected chi connectivity index (χ4v) is 3.87. The number of nitrogens with one attached hydrogen (secondary N) is 1. The highest BCUT2D eigenvalue weighted by molar-refractivity contribution is 7.17. The molecule has 130 valence electrons. The van der Waals surface area contributed by atoms with Gasteiger partial charge in [-0.25, -0.2) is 0 Å². The van der Waals surface area contributed by atoms with Crippen molar-refractivity contribution in [3.05, 3.63) is 41.3 Å². The molecule has 2 heterocycles. The number of hydrogen-bond acceptors (Lipinski definition) is 4. The standard InChI is InChI=1S/C18H22N2O2S.ClH/c1-3-22-15-11-16(14-7-5-4-6-8-14)23-17(15)18(21)20-10-9-19-13(2)12-20;/h4-8,11,13,19H,3,9-10,12H2,1-2H3;1H. The minimum atomic E-state index is 0. The molecule has 1 unspecified atom stereocenters. The number of amides is 1. The largest absolute Gasteiger partial charge is 0.492 e. The lowest BCUT2D eigenvalue weighted by Crippen LogP contribution is -2.51. The normalized spacial score (nSPS) is 17.2. The number of carbonyl (C=O) groups excluding carboxylic acids is 1. The summed E-state index contributed by atoms with van der Waals surface area (Å²) in [5, 5.41) is 3.37. The molecule has 3 rings (SSSR count). The highest BCUT2D eigenvalue weighted by Crippen LogP contribution is 2.37. The fourth-order valence-electron chi connectivity index (χ4n) is 2.79. The van der Waals surface area contributed by atoms with E-state index < -0.39 is 0 Å². The predicted octanol–water partition coefficient (Wildman–Crippen LogP) is 3.67. The number of carbonyl (C=O) groups is 1. The molecule has 0 bridgehead atoms. The number of halogens is 1. The first kappa shape index (κ1) is 18.8. The second-order valence-electron chi connectivity index (χ2n) is 5.71. The van der Waals surface area contributed by atoms with Gasteiger partial charge in [0.25, 0.3) is 5.91 Å². The lowest BCUT2D eigenvalue weighted by Gasteiger charge is -2.31. The van der Waals surface area contributed by atoms with Gasteiger partial charge in [-0.2, -0.15) is 0 Å². The maximum absolute atomic E-state index is 12.9. The number of ether oxygens (including phenoxy) is 1. The van der Waals surface area contributed by atoms with Gasteiger partial charge in [0.05, 0.1) is 6.61 Å². The average molecular weight is 367 g/mol. The van der Waals surface area contributed by atoms with Crippen LogP contribution in [0.4, 0.5) is 0 Å². The Morgan fingerprint density at radius 3 is 2.79 bits per heavy atom. The summed E-state index contributed by atoms with van der Waals surface area (Å²) in [5.74, 6) is 0.779. The molecule has 1 aromatic carbocycles. The van der Waals surface area contributed by atoms with Gasteiger partial charge >= 0.3 is 0 Å². The Morgan fingerprint density at radius 2 is 2.12 bits per heavy atom. The number of hydrogen-bond donors (Lipinski definition) is 1. The van der Waals surface area contributed by atoms with E-state index in [1.807, 2.05) is 36.1 Å². The van der Waals surface area contributed by atoms with E-state index in [9.17, 15) is 4.79 Å². The van der Waals surface area contributed by atoms with Crippen molar-refractivity contribution in [3.63, 3.8) is 0 Å². The number of piperazine rings is 1. The Morgan fingerprint density at radius 1 is 1.38 bits per heavy atom. The quantitative estimate of drug-likeness (QED) is 0.897. The van der Waals surface area contributed by atoms with E-state index in [0.717, 1.165) is 30.1 Å². The SMILES string of the molecule is CCOc1cc(-c2ccccc2)sc1C(=O)N1CCNC(C)C1.Cl. The molecule has 6 heteroatoms. The molecule has 0 saturated carbocycles. The summed E-state index contributed by atoms with van der Waals surface area (Å²) >= 11 is 1.52. The number of benzene rings is 1. The van der Waals surface area contributed by atoms with Crippen LogP contribution in [0.15, 0.2) is 36.4 Å². The van der Waals surface area contributed by atoms with E-state index in [4.69, 9.17) is 4.74 Å². The van der Waals surface area contributed by atoms with Crippen LogP contribution in [0, 0.1) is 0 Å². The van der Waals surface area contributed by atoms with Crippen molar-refractivity contribution in [1.29, 1.82) is 0 Å². The first-order valence-corrected chi connectivity index (χ1v) is 8.85. The molecular weight excluding hydrogens is 344 g/mol. The monoisotopic (exact) mass is 366 g/mol. The Kier molecular flexibility index (Phi) is 6.66. The van der Waals surface area contributed by atoms with Gasteiger partial charge in [0.2, 0.25) is 0 Å². The van der Waals surface area contributed by atoms with E-state index in [0.29, 0.717) is 23.3 Å². The van der Waals surface area contributed by atoms with Crippen LogP contribution in [0.2, 0.25) is 0 Å². The Hall–Kier alpha value is -1.56. The lowest BCUT2D eigenvalue weighted by molar-refractivity contribution is 0.0710. The summed E-state index contributed by atoms with van der Waals surface area (Å²) in [7, 11) is 0. The van der Waals surface area contributed by atoms with Gasteiger partial charge in [-0.05, 0) is 25.5 Å². The Labute approximate surface area is 153 Å². The zero-order valence-electron chi connectivity index (χ0n) is 14.0. The zero-order valence-corrected chi connectivity index (χ0v) is 15.6. The van der Waals surface area contributed by atoms with Crippen molar-refractivity contribution in [3.8, 4) is 16.2 Å². The van der Waals surface area contributed by atoms with Crippen molar-refractivity contribution in [2.45, 2.75) is 19.9 Å². The van der Waals surface area contributed by atoms with Gasteiger partial charge in [0.1, 0.15) is 10.6 Å². The third-order valence-corrected chi connectivity index (χ3v) is 5.06.